The monoisotopic (exact) mass is 237 g/mol. The van der Waals surface area contributed by atoms with E-state index in [0.717, 1.165) is 25.7 Å². The summed E-state index contributed by atoms with van der Waals surface area (Å²) < 4.78 is 2.03. The molecular formula is C13H23N3O. The van der Waals surface area contributed by atoms with Gasteiger partial charge in [-0.05, 0) is 31.7 Å². The van der Waals surface area contributed by atoms with Gasteiger partial charge in [0.2, 0.25) is 0 Å². The molecule has 0 saturated heterocycles. The summed E-state index contributed by atoms with van der Waals surface area (Å²) in [5.41, 5.74) is -0.122. The number of rotatable bonds is 4. The highest BCUT2D eigenvalue weighted by atomic mass is 16.3. The van der Waals surface area contributed by atoms with Crippen molar-refractivity contribution in [1.29, 1.82) is 0 Å². The Balaban J connectivity index is 2.09. The Morgan fingerprint density at radius 2 is 2.41 bits per heavy atom. The van der Waals surface area contributed by atoms with Gasteiger partial charge in [0.25, 0.3) is 0 Å². The first-order chi connectivity index (χ1) is 8.15. The number of aliphatic hydroxyl groups excluding tert-OH is 1. The molecule has 1 aliphatic carbocycles. The molecule has 0 aliphatic heterocycles. The average molecular weight is 237 g/mol. The molecule has 96 valence electrons. The Kier molecular flexibility index (Phi) is 3.84. The van der Waals surface area contributed by atoms with Crippen molar-refractivity contribution in [3.05, 3.63) is 18.5 Å². The molecule has 0 spiro atoms. The van der Waals surface area contributed by atoms with E-state index in [0.29, 0.717) is 12.1 Å². The van der Waals surface area contributed by atoms with Crippen LogP contribution in [0.25, 0.3) is 0 Å². The van der Waals surface area contributed by atoms with E-state index in [1.165, 1.54) is 0 Å². The van der Waals surface area contributed by atoms with E-state index in [1.54, 1.807) is 0 Å². The molecule has 2 atom stereocenters. The van der Waals surface area contributed by atoms with Crippen molar-refractivity contribution in [2.24, 2.45) is 0 Å². The van der Waals surface area contributed by atoms with Gasteiger partial charge in [0.1, 0.15) is 0 Å². The van der Waals surface area contributed by atoms with Crippen LogP contribution in [0.15, 0.2) is 18.5 Å². The molecule has 4 nitrogen and oxygen atoms in total. The first kappa shape index (κ1) is 12.6. The minimum Gasteiger partial charge on any atom is -0.394 e. The van der Waals surface area contributed by atoms with Crippen molar-refractivity contribution in [2.75, 3.05) is 6.61 Å². The van der Waals surface area contributed by atoms with Crippen LogP contribution in [0.4, 0.5) is 0 Å². The van der Waals surface area contributed by atoms with E-state index in [4.69, 9.17) is 0 Å². The van der Waals surface area contributed by atoms with Gasteiger partial charge in [-0.2, -0.15) is 5.10 Å². The zero-order chi connectivity index (χ0) is 12.3. The Labute approximate surface area is 103 Å². The summed E-state index contributed by atoms with van der Waals surface area (Å²) in [7, 11) is 0. The fraction of sp³-hybridized carbons (Fsp3) is 0.769. The molecule has 0 amide bonds. The van der Waals surface area contributed by atoms with Crippen LogP contribution in [-0.4, -0.2) is 33.1 Å². The average Bonchev–Trinajstić information content (AvgIpc) is 2.82. The van der Waals surface area contributed by atoms with Crippen LogP contribution in [0.3, 0.4) is 0 Å². The maximum absolute atomic E-state index is 9.71. The van der Waals surface area contributed by atoms with Crippen LogP contribution in [-0.2, 0) is 0 Å². The molecule has 2 rings (SSSR count). The van der Waals surface area contributed by atoms with Crippen LogP contribution in [0.5, 0.6) is 0 Å². The van der Waals surface area contributed by atoms with E-state index in [9.17, 15) is 5.11 Å². The second kappa shape index (κ2) is 5.19. The summed E-state index contributed by atoms with van der Waals surface area (Å²) in [5.74, 6) is 0. The van der Waals surface area contributed by atoms with Gasteiger partial charge in [-0.3, -0.25) is 4.68 Å². The van der Waals surface area contributed by atoms with Gasteiger partial charge in [-0.1, -0.05) is 13.8 Å². The highest BCUT2D eigenvalue weighted by Gasteiger charge is 2.36. The smallest absolute Gasteiger partial charge is 0.0614 e. The Hall–Kier alpha value is -0.870. The van der Waals surface area contributed by atoms with Crippen molar-refractivity contribution in [1.82, 2.24) is 15.1 Å². The number of hydrogen-bond acceptors (Lipinski definition) is 3. The molecule has 0 radical (unpaired) electrons. The fourth-order valence-corrected chi connectivity index (χ4v) is 2.99. The van der Waals surface area contributed by atoms with Crippen molar-refractivity contribution in [3.8, 4) is 0 Å². The molecule has 1 aromatic rings. The normalized spacial score (nSPS) is 29.8. The van der Waals surface area contributed by atoms with Gasteiger partial charge in [0.05, 0.1) is 12.6 Å². The van der Waals surface area contributed by atoms with Gasteiger partial charge in [0.15, 0.2) is 0 Å². The van der Waals surface area contributed by atoms with E-state index < -0.39 is 0 Å². The largest absolute Gasteiger partial charge is 0.394 e. The Morgan fingerprint density at radius 3 is 3.00 bits per heavy atom. The molecular weight excluding hydrogens is 214 g/mol. The first-order valence-electron chi connectivity index (χ1n) is 6.53. The Morgan fingerprint density at radius 1 is 1.59 bits per heavy atom. The lowest BCUT2D eigenvalue weighted by atomic mass is 9.79. The third-order valence-electron chi connectivity index (χ3n) is 3.62. The zero-order valence-electron chi connectivity index (χ0n) is 10.8. The van der Waals surface area contributed by atoms with E-state index in [2.05, 4.69) is 24.3 Å². The van der Waals surface area contributed by atoms with Crippen molar-refractivity contribution in [2.45, 2.75) is 57.2 Å². The van der Waals surface area contributed by atoms with Crippen LogP contribution < -0.4 is 5.32 Å². The number of aromatic nitrogens is 2. The van der Waals surface area contributed by atoms with Gasteiger partial charge in [-0.15, -0.1) is 0 Å². The minimum absolute atomic E-state index is 0.122. The fourth-order valence-electron chi connectivity index (χ4n) is 2.99. The molecule has 17 heavy (non-hydrogen) atoms. The molecule has 1 fully saturated rings. The SMILES string of the molecule is CC(C)NC1(CO)CCCC(n2cccn2)C1. The zero-order valence-corrected chi connectivity index (χ0v) is 10.8. The summed E-state index contributed by atoms with van der Waals surface area (Å²) in [5, 5.41) is 17.6. The lowest BCUT2D eigenvalue weighted by Gasteiger charge is -2.41. The number of nitrogens with zero attached hydrogens (tertiary/aromatic N) is 2. The van der Waals surface area contributed by atoms with Gasteiger partial charge >= 0.3 is 0 Å². The lowest BCUT2D eigenvalue weighted by Crippen LogP contribution is -2.54. The molecule has 1 aliphatic rings. The first-order valence-corrected chi connectivity index (χ1v) is 6.53. The second-order valence-electron chi connectivity index (χ2n) is 5.47. The third kappa shape index (κ3) is 2.87. The number of hydrogen-bond donors (Lipinski definition) is 2. The van der Waals surface area contributed by atoms with E-state index in [-0.39, 0.29) is 12.1 Å². The highest BCUT2D eigenvalue weighted by Crippen LogP contribution is 2.35. The van der Waals surface area contributed by atoms with Gasteiger partial charge < -0.3 is 10.4 Å². The van der Waals surface area contributed by atoms with Gasteiger partial charge in [-0.25, -0.2) is 0 Å². The summed E-state index contributed by atoms with van der Waals surface area (Å²) in [6, 6.07) is 2.78. The van der Waals surface area contributed by atoms with E-state index >= 15 is 0 Å². The molecule has 1 aromatic heterocycles. The maximum atomic E-state index is 9.71. The van der Waals surface area contributed by atoms with Crippen molar-refractivity contribution < 1.29 is 5.11 Å². The number of aliphatic hydroxyl groups is 1. The molecule has 1 heterocycles. The van der Waals surface area contributed by atoms with Gasteiger partial charge in [0, 0.05) is 24.0 Å². The Bertz CT molecular complexity index is 336. The second-order valence-corrected chi connectivity index (χ2v) is 5.47. The standard InChI is InChI=1S/C13H23N3O/c1-11(2)15-13(10-17)6-3-5-12(9-13)16-8-4-7-14-16/h4,7-8,11-12,15,17H,3,5-6,9-10H2,1-2H3. The summed E-state index contributed by atoms with van der Waals surface area (Å²) in [4.78, 5) is 0. The van der Waals surface area contributed by atoms with Crippen LogP contribution in [0, 0.1) is 0 Å². The highest BCUT2D eigenvalue weighted by molar-refractivity contribution is 4.96. The topological polar surface area (TPSA) is 50.1 Å². The summed E-state index contributed by atoms with van der Waals surface area (Å²) in [6.45, 7) is 4.48. The third-order valence-corrected chi connectivity index (χ3v) is 3.62. The molecule has 0 aromatic carbocycles. The molecule has 2 unspecified atom stereocenters. The quantitative estimate of drug-likeness (QED) is 0.838. The predicted octanol–water partition coefficient (Wildman–Crippen LogP) is 1.73. The van der Waals surface area contributed by atoms with E-state index in [1.807, 2.05) is 23.1 Å². The minimum atomic E-state index is -0.122. The van der Waals surface area contributed by atoms with Crippen LogP contribution in [0.1, 0.15) is 45.6 Å². The maximum Gasteiger partial charge on any atom is 0.0614 e. The molecule has 2 N–H and O–H groups in total. The van der Waals surface area contributed by atoms with Crippen molar-refractivity contribution >= 4 is 0 Å². The molecule has 4 heteroatoms. The molecule has 0 bridgehead atoms. The lowest BCUT2D eigenvalue weighted by molar-refractivity contribution is 0.0873. The summed E-state index contributed by atoms with van der Waals surface area (Å²) in [6.07, 6.45) is 8.16. The van der Waals surface area contributed by atoms with Crippen LogP contribution in [0.2, 0.25) is 0 Å². The predicted molar refractivity (Wildman–Crippen MR) is 67.8 cm³/mol. The summed E-state index contributed by atoms with van der Waals surface area (Å²) >= 11 is 0. The number of nitrogens with one attached hydrogen (secondary N) is 1. The van der Waals surface area contributed by atoms with Crippen LogP contribution >= 0.6 is 0 Å². The van der Waals surface area contributed by atoms with Crippen molar-refractivity contribution in [3.63, 3.8) is 0 Å². The molecule has 1 saturated carbocycles.